The second-order valence-corrected chi connectivity index (χ2v) is 2.65. The molecule has 1 aromatic rings. The number of hydrogen-bond acceptors (Lipinski definition) is 3. The van der Waals surface area contributed by atoms with Crippen molar-refractivity contribution in [3.8, 4) is 17.2 Å². The van der Waals surface area contributed by atoms with Crippen molar-refractivity contribution >= 4 is 0 Å². The van der Waals surface area contributed by atoms with E-state index in [-0.39, 0.29) is 0 Å². The van der Waals surface area contributed by atoms with Crippen LogP contribution < -0.4 is 14.2 Å². The minimum Gasteiger partial charge on any atom is -0.493 e. The fourth-order valence-electron chi connectivity index (χ4n) is 1.25. The van der Waals surface area contributed by atoms with Crippen molar-refractivity contribution in [1.29, 1.82) is 0 Å². The summed E-state index contributed by atoms with van der Waals surface area (Å²) in [6, 6.07) is 3.79. The van der Waals surface area contributed by atoms with Gasteiger partial charge in [0.1, 0.15) is 0 Å². The molecular weight excluding hydrogens is 216 g/mol. The van der Waals surface area contributed by atoms with Gasteiger partial charge in [0, 0.05) is 0 Å². The lowest BCUT2D eigenvalue weighted by atomic mass is 10.2. The number of aryl methyl sites for hydroxylation is 1. The van der Waals surface area contributed by atoms with Gasteiger partial charge in [0.25, 0.3) is 0 Å². The highest BCUT2D eigenvalue weighted by Crippen LogP contribution is 2.38. The Morgan fingerprint density at radius 1 is 0.706 bits per heavy atom. The van der Waals surface area contributed by atoms with E-state index in [0.717, 1.165) is 11.3 Å². The Hall–Kier alpha value is -1.38. The maximum Gasteiger partial charge on any atom is 0.203 e. The van der Waals surface area contributed by atoms with Gasteiger partial charge >= 0.3 is 0 Å². The third-order valence-electron chi connectivity index (χ3n) is 1.90. The van der Waals surface area contributed by atoms with Gasteiger partial charge in [-0.3, -0.25) is 0 Å². The van der Waals surface area contributed by atoms with E-state index in [9.17, 15) is 0 Å². The third kappa shape index (κ3) is 4.98. The maximum atomic E-state index is 5.20. The van der Waals surface area contributed by atoms with Crippen LogP contribution in [0.5, 0.6) is 17.2 Å². The lowest BCUT2D eigenvalue weighted by Crippen LogP contribution is -1.96. The summed E-state index contributed by atoms with van der Waals surface area (Å²) < 4.78 is 15.5. The molecule has 0 fully saturated rings. The normalized spacial score (nSPS) is 8.00. The smallest absolute Gasteiger partial charge is 0.203 e. The zero-order valence-corrected chi connectivity index (χ0v) is 12.4. The second kappa shape index (κ2) is 11.1. The molecule has 0 aliphatic rings. The van der Waals surface area contributed by atoms with Crippen LogP contribution in [0.1, 0.15) is 33.3 Å². The third-order valence-corrected chi connectivity index (χ3v) is 1.90. The van der Waals surface area contributed by atoms with Crippen LogP contribution >= 0.6 is 0 Å². The van der Waals surface area contributed by atoms with Crippen LogP contribution in [0.2, 0.25) is 0 Å². The van der Waals surface area contributed by atoms with Crippen LogP contribution in [-0.4, -0.2) is 21.3 Å². The van der Waals surface area contributed by atoms with Crippen molar-refractivity contribution in [3.63, 3.8) is 0 Å². The molecule has 0 saturated heterocycles. The number of ether oxygens (including phenoxy) is 3. The van der Waals surface area contributed by atoms with Crippen molar-refractivity contribution in [2.75, 3.05) is 21.3 Å². The van der Waals surface area contributed by atoms with Crippen LogP contribution in [0.15, 0.2) is 12.1 Å². The number of hydrogen-bond donors (Lipinski definition) is 0. The summed E-state index contributed by atoms with van der Waals surface area (Å²) >= 11 is 0. The number of rotatable bonds is 3. The summed E-state index contributed by atoms with van der Waals surface area (Å²) in [7, 11) is 4.82. The molecule has 1 rings (SSSR count). The van der Waals surface area contributed by atoms with Gasteiger partial charge < -0.3 is 14.2 Å². The van der Waals surface area contributed by atoms with Crippen molar-refractivity contribution in [2.24, 2.45) is 0 Å². The topological polar surface area (TPSA) is 27.7 Å². The standard InChI is InChI=1S/C10H14O3.2C2H6/c1-7-5-6-8(11-2)10(13-4)9(7)12-3;2*1-2/h5-6H,1-4H3;2*1-2H3. The van der Waals surface area contributed by atoms with Crippen LogP contribution in [-0.2, 0) is 0 Å². The first-order valence-electron chi connectivity index (χ1n) is 6.00. The molecule has 0 aromatic heterocycles. The molecule has 0 aliphatic carbocycles. The molecule has 1 aromatic carbocycles. The summed E-state index contributed by atoms with van der Waals surface area (Å²) in [5.41, 5.74) is 1.03. The number of methoxy groups -OCH3 is 3. The van der Waals surface area contributed by atoms with Crippen molar-refractivity contribution in [1.82, 2.24) is 0 Å². The van der Waals surface area contributed by atoms with Gasteiger partial charge in [0.2, 0.25) is 5.75 Å². The van der Waals surface area contributed by atoms with Crippen LogP contribution in [0.25, 0.3) is 0 Å². The van der Waals surface area contributed by atoms with E-state index in [1.54, 1.807) is 21.3 Å². The average Bonchev–Trinajstić information content (AvgIpc) is 2.42. The van der Waals surface area contributed by atoms with Crippen LogP contribution in [0, 0.1) is 6.92 Å². The Morgan fingerprint density at radius 2 is 1.18 bits per heavy atom. The molecule has 0 atom stereocenters. The fourth-order valence-corrected chi connectivity index (χ4v) is 1.25. The summed E-state index contributed by atoms with van der Waals surface area (Å²) in [6.07, 6.45) is 0. The first kappa shape index (κ1) is 18.0. The minimum absolute atomic E-state index is 0.644. The lowest BCUT2D eigenvalue weighted by molar-refractivity contribution is 0.323. The zero-order chi connectivity index (χ0) is 13.8. The zero-order valence-electron chi connectivity index (χ0n) is 12.4. The molecule has 17 heavy (non-hydrogen) atoms. The van der Waals surface area contributed by atoms with Gasteiger partial charge in [0.15, 0.2) is 11.5 Å². The van der Waals surface area contributed by atoms with Crippen LogP contribution in [0.4, 0.5) is 0 Å². The quantitative estimate of drug-likeness (QED) is 0.799. The largest absolute Gasteiger partial charge is 0.493 e. The van der Waals surface area contributed by atoms with E-state index in [1.165, 1.54) is 0 Å². The second-order valence-electron chi connectivity index (χ2n) is 2.65. The van der Waals surface area contributed by atoms with Crippen molar-refractivity contribution in [3.05, 3.63) is 17.7 Å². The molecule has 0 saturated carbocycles. The Morgan fingerprint density at radius 3 is 1.53 bits per heavy atom. The van der Waals surface area contributed by atoms with Gasteiger partial charge in [-0.05, 0) is 18.6 Å². The van der Waals surface area contributed by atoms with Crippen LogP contribution in [0.3, 0.4) is 0 Å². The van der Waals surface area contributed by atoms with E-state index in [1.807, 2.05) is 46.8 Å². The molecule has 0 amide bonds. The molecular formula is C14H26O3. The van der Waals surface area contributed by atoms with Gasteiger partial charge in [-0.15, -0.1) is 0 Å². The van der Waals surface area contributed by atoms with Crippen molar-refractivity contribution < 1.29 is 14.2 Å². The van der Waals surface area contributed by atoms with E-state index in [2.05, 4.69) is 0 Å². The van der Waals surface area contributed by atoms with Crippen molar-refractivity contribution in [2.45, 2.75) is 34.6 Å². The highest BCUT2D eigenvalue weighted by molar-refractivity contribution is 5.55. The number of benzene rings is 1. The monoisotopic (exact) mass is 242 g/mol. The van der Waals surface area contributed by atoms with Gasteiger partial charge in [-0.25, -0.2) is 0 Å². The summed E-state index contributed by atoms with van der Waals surface area (Å²) in [6.45, 7) is 9.96. The molecule has 0 N–H and O–H groups in total. The predicted octanol–water partition coefficient (Wildman–Crippen LogP) is 4.07. The van der Waals surface area contributed by atoms with Gasteiger partial charge in [-0.1, -0.05) is 33.8 Å². The summed E-state index contributed by atoms with van der Waals surface area (Å²) in [4.78, 5) is 0. The fraction of sp³-hybridized carbons (Fsp3) is 0.571. The maximum absolute atomic E-state index is 5.20. The SMILES string of the molecule is CC.CC.COc1ccc(C)c(OC)c1OC. The molecule has 0 spiro atoms. The van der Waals surface area contributed by atoms with E-state index in [4.69, 9.17) is 14.2 Å². The van der Waals surface area contributed by atoms with E-state index >= 15 is 0 Å². The Labute approximate surface area is 106 Å². The van der Waals surface area contributed by atoms with E-state index in [0.29, 0.717) is 11.5 Å². The Bertz CT molecular complexity index is 296. The first-order chi connectivity index (χ1) is 8.24. The molecule has 0 unspecified atom stereocenters. The Kier molecular flexibility index (Phi) is 11.8. The van der Waals surface area contributed by atoms with Gasteiger partial charge in [-0.2, -0.15) is 0 Å². The molecule has 0 aliphatic heterocycles. The Balaban J connectivity index is 0. The molecule has 3 nitrogen and oxygen atoms in total. The molecule has 0 heterocycles. The predicted molar refractivity (Wildman–Crippen MR) is 73.5 cm³/mol. The lowest BCUT2D eigenvalue weighted by Gasteiger charge is -2.13. The van der Waals surface area contributed by atoms with E-state index < -0.39 is 0 Å². The highest BCUT2D eigenvalue weighted by atomic mass is 16.5. The molecule has 0 bridgehead atoms. The molecule has 100 valence electrons. The first-order valence-corrected chi connectivity index (χ1v) is 6.00. The summed E-state index contributed by atoms with van der Waals surface area (Å²) in [5, 5.41) is 0. The van der Waals surface area contributed by atoms with Gasteiger partial charge in [0.05, 0.1) is 21.3 Å². The molecule has 3 heteroatoms. The summed E-state index contributed by atoms with van der Waals surface area (Å²) in [5.74, 6) is 2.05. The highest BCUT2D eigenvalue weighted by Gasteiger charge is 2.12. The molecule has 0 radical (unpaired) electrons. The minimum atomic E-state index is 0.644. The average molecular weight is 242 g/mol.